The Hall–Kier alpha value is -2.67. The van der Waals surface area contributed by atoms with Crippen LogP contribution in [0.5, 0.6) is 0 Å². The summed E-state index contributed by atoms with van der Waals surface area (Å²) >= 11 is 9.05. The van der Waals surface area contributed by atoms with Crippen LogP contribution in [-0.4, -0.2) is 18.3 Å². The molecule has 2 aromatic carbocycles. The molecular weight excluding hydrogens is 458 g/mol. The third-order valence-corrected chi connectivity index (χ3v) is 6.82. The lowest BCUT2D eigenvalue weighted by molar-refractivity contribution is -0.384. The number of nitro groups is 1. The van der Waals surface area contributed by atoms with Crippen LogP contribution in [0.1, 0.15) is 5.56 Å². The maximum absolute atomic E-state index is 12.9. The first-order valence-corrected chi connectivity index (χ1v) is 9.98. The molecule has 0 aliphatic carbocycles. The van der Waals surface area contributed by atoms with Crippen LogP contribution >= 0.6 is 27.5 Å². The smallest absolute Gasteiger partial charge is 0.269 e. The van der Waals surface area contributed by atoms with E-state index < -0.39 is 14.8 Å². The Balaban J connectivity index is 2.15. The molecule has 1 heterocycles. The Morgan fingerprint density at radius 1 is 1.11 bits per heavy atom. The van der Waals surface area contributed by atoms with Crippen molar-refractivity contribution in [3.05, 3.63) is 73.7 Å². The average Bonchev–Trinajstić information content (AvgIpc) is 2.99. The van der Waals surface area contributed by atoms with E-state index in [1.807, 2.05) is 6.07 Å². The molecule has 0 radical (unpaired) electrons. The maximum atomic E-state index is 12.9. The lowest BCUT2D eigenvalue weighted by atomic mass is 10.1. The van der Waals surface area contributed by atoms with Crippen LogP contribution in [0.3, 0.4) is 0 Å². The Kier molecular flexibility index (Phi) is 5.06. The minimum atomic E-state index is -4.04. The summed E-state index contributed by atoms with van der Waals surface area (Å²) in [6.45, 7) is 0. The van der Waals surface area contributed by atoms with Gasteiger partial charge in [-0.3, -0.25) is 10.1 Å². The van der Waals surface area contributed by atoms with Gasteiger partial charge in [-0.05, 0) is 45.8 Å². The van der Waals surface area contributed by atoms with Gasteiger partial charge in [0.2, 0.25) is 9.84 Å². The van der Waals surface area contributed by atoms with Gasteiger partial charge >= 0.3 is 0 Å². The summed E-state index contributed by atoms with van der Waals surface area (Å²) in [5.74, 6) is 0. The fraction of sp³-hybridized carbons (Fsp3) is 0. The minimum Gasteiger partial charge on any atom is -0.343 e. The topological polar surface area (TPSA) is 117 Å². The van der Waals surface area contributed by atoms with Crippen molar-refractivity contribution in [3.63, 3.8) is 0 Å². The molecule has 0 bridgehead atoms. The van der Waals surface area contributed by atoms with E-state index in [1.54, 1.807) is 24.3 Å². The Labute approximate surface area is 167 Å². The molecule has 0 saturated heterocycles. The van der Waals surface area contributed by atoms with Crippen molar-refractivity contribution in [2.45, 2.75) is 9.92 Å². The largest absolute Gasteiger partial charge is 0.343 e. The first-order valence-electron chi connectivity index (χ1n) is 7.32. The first kappa shape index (κ1) is 19.1. The highest BCUT2D eigenvalue weighted by atomic mass is 79.9. The predicted octanol–water partition coefficient (Wildman–Crippen LogP) is 4.71. The highest BCUT2D eigenvalue weighted by Crippen LogP contribution is 2.37. The van der Waals surface area contributed by atoms with Gasteiger partial charge in [0.25, 0.3) is 5.69 Å². The van der Waals surface area contributed by atoms with E-state index in [-0.39, 0.29) is 25.6 Å². The van der Waals surface area contributed by atoms with Gasteiger partial charge in [-0.15, -0.1) is 0 Å². The summed E-state index contributed by atoms with van der Waals surface area (Å²) < 4.78 is 26.0. The standard InChI is InChI=1S/C17H9BrClN3O4S/c18-15-14(9-20)16(10-1-3-11(19)4-2-10)21-17(15)27(25,26)13-7-5-12(6-8-13)22(23)24/h1-8,21H. The third-order valence-electron chi connectivity index (χ3n) is 3.78. The average molecular weight is 467 g/mol. The van der Waals surface area contributed by atoms with Gasteiger partial charge < -0.3 is 4.98 Å². The zero-order valence-electron chi connectivity index (χ0n) is 13.3. The molecule has 0 fully saturated rings. The van der Waals surface area contributed by atoms with E-state index in [0.717, 1.165) is 24.3 Å². The van der Waals surface area contributed by atoms with Crippen LogP contribution in [0.25, 0.3) is 11.3 Å². The summed E-state index contributed by atoms with van der Waals surface area (Å²) in [5.41, 5.74) is 0.806. The first-order chi connectivity index (χ1) is 12.8. The minimum absolute atomic E-state index is 0.0910. The summed E-state index contributed by atoms with van der Waals surface area (Å²) in [5, 5.41) is 20.5. The molecule has 1 N–H and O–H groups in total. The zero-order valence-corrected chi connectivity index (χ0v) is 16.5. The molecule has 7 nitrogen and oxygen atoms in total. The van der Waals surface area contributed by atoms with Crippen LogP contribution in [0.4, 0.5) is 5.69 Å². The van der Waals surface area contributed by atoms with E-state index in [4.69, 9.17) is 11.6 Å². The highest BCUT2D eigenvalue weighted by Gasteiger charge is 2.28. The summed E-state index contributed by atoms with van der Waals surface area (Å²) in [6, 6.07) is 13.0. The molecule has 0 atom stereocenters. The Morgan fingerprint density at radius 2 is 1.70 bits per heavy atom. The fourth-order valence-corrected chi connectivity index (χ4v) is 4.90. The van der Waals surface area contributed by atoms with Gasteiger partial charge in [-0.2, -0.15) is 5.26 Å². The highest BCUT2D eigenvalue weighted by molar-refractivity contribution is 9.10. The molecule has 0 amide bonds. The number of nitro benzene ring substituents is 1. The molecule has 0 spiro atoms. The Morgan fingerprint density at radius 3 is 2.22 bits per heavy atom. The number of nitriles is 1. The summed E-state index contributed by atoms with van der Waals surface area (Å²) in [4.78, 5) is 12.8. The summed E-state index contributed by atoms with van der Waals surface area (Å²) in [6.07, 6.45) is 0. The summed E-state index contributed by atoms with van der Waals surface area (Å²) in [7, 11) is -4.04. The fourth-order valence-electron chi connectivity index (χ4n) is 2.44. The van der Waals surface area contributed by atoms with Crippen molar-refractivity contribution in [3.8, 4) is 17.3 Å². The number of non-ortho nitro benzene ring substituents is 1. The van der Waals surface area contributed by atoms with Crippen LogP contribution in [0.2, 0.25) is 5.02 Å². The van der Waals surface area contributed by atoms with Gasteiger partial charge in [0.15, 0.2) is 5.03 Å². The van der Waals surface area contributed by atoms with Crippen LogP contribution < -0.4 is 0 Å². The molecule has 0 aliphatic heterocycles. The molecule has 0 saturated carbocycles. The lowest BCUT2D eigenvalue weighted by Gasteiger charge is -2.03. The zero-order chi connectivity index (χ0) is 19.8. The normalized spacial score (nSPS) is 11.1. The van der Waals surface area contributed by atoms with Crippen LogP contribution in [0.15, 0.2) is 62.9 Å². The second-order valence-corrected chi connectivity index (χ2v) is 8.51. The molecule has 27 heavy (non-hydrogen) atoms. The van der Waals surface area contributed by atoms with Gasteiger partial charge in [-0.25, -0.2) is 8.42 Å². The monoisotopic (exact) mass is 465 g/mol. The van der Waals surface area contributed by atoms with E-state index in [2.05, 4.69) is 20.9 Å². The lowest BCUT2D eigenvalue weighted by Crippen LogP contribution is -2.03. The van der Waals surface area contributed by atoms with Gasteiger partial charge in [0, 0.05) is 17.2 Å². The predicted molar refractivity (Wildman–Crippen MR) is 102 cm³/mol. The number of hydrogen-bond acceptors (Lipinski definition) is 5. The number of H-pyrrole nitrogens is 1. The number of nitrogens with zero attached hydrogens (tertiary/aromatic N) is 2. The molecule has 1 aromatic heterocycles. The van der Waals surface area contributed by atoms with Crippen molar-refractivity contribution in [1.29, 1.82) is 5.26 Å². The number of halogens is 2. The number of hydrogen-bond donors (Lipinski definition) is 1. The molecule has 136 valence electrons. The number of nitrogens with one attached hydrogen (secondary N) is 1. The molecule has 10 heteroatoms. The molecule has 3 rings (SSSR count). The van der Waals surface area contributed by atoms with Crippen LogP contribution in [0, 0.1) is 21.4 Å². The second-order valence-electron chi connectivity index (χ2n) is 5.39. The second kappa shape index (κ2) is 7.15. The van der Waals surface area contributed by atoms with Crippen molar-refractivity contribution in [2.75, 3.05) is 0 Å². The number of benzene rings is 2. The number of sulfone groups is 1. The van der Waals surface area contributed by atoms with Crippen molar-refractivity contribution >= 4 is 43.1 Å². The van der Waals surface area contributed by atoms with Crippen molar-refractivity contribution in [2.24, 2.45) is 0 Å². The quantitative estimate of drug-likeness (QED) is 0.441. The van der Waals surface area contributed by atoms with Crippen molar-refractivity contribution in [1.82, 2.24) is 4.98 Å². The number of aromatic amines is 1. The van der Waals surface area contributed by atoms with E-state index in [1.165, 1.54) is 0 Å². The van der Waals surface area contributed by atoms with E-state index in [9.17, 15) is 23.8 Å². The molecule has 0 aliphatic rings. The van der Waals surface area contributed by atoms with Gasteiger partial charge in [-0.1, -0.05) is 23.7 Å². The van der Waals surface area contributed by atoms with Gasteiger partial charge in [0.1, 0.15) is 6.07 Å². The van der Waals surface area contributed by atoms with E-state index in [0.29, 0.717) is 16.3 Å². The van der Waals surface area contributed by atoms with Crippen LogP contribution in [-0.2, 0) is 9.84 Å². The molecular formula is C17H9BrClN3O4S. The molecule has 3 aromatic rings. The third kappa shape index (κ3) is 3.47. The van der Waals surface area contributed by atoms with E-state index >= 15 is 0 Å². The number of aromatic nitrogens is 1. The van der Waals surface area contributed by atoms with Crippen molar-refractivity contribution < 1.29 is 13.3 Å². The SMILES string of the molecule is N#Cc1c(-c2ccc(Cl)cc2)[nH]c(S(=O)(=O)c2ccc([N+](=O)[O-])cc2)c1Br. The van der Waals surface area contributed by atoms with Gasteiger partial charge in [0.05, 0.1) is 25.5 Å². The number of rotatable bonds is 4. The molecule has 0 unspecified atom stereocenters. The maximum Gasteiger partial charge on any atom is 0.269 e. The Bertz CT molecular complexity index is 1180.